The fraction of sp³-hybridized carbons (Fsp3) is 0.190. The van der Waals surface area contributed by atoms with Crippen LogP contribution in [0, 0.1) is 6.92 Å². The zero-order chi connectivity index (χ0) is 20.5. The molecule has 8 heteroatoms. The number of amides is 2. The number of nitrogens with one attached hydrogen (secondary N) is 2. The number of hydrogen-bond donors (Lipinski definition) is 2. The molecule has 1 atom stereocenters. The minimum absolute atomic E-state index is 0.00638. The molecule has 3 aromatic rings. The molecular formula is C21H19BrN4O3. The van der Waals surface area contributed by atoms with Gasteiger partial charge in [0.05, 0.1) is 19.2 Å². The van der Waals surface area contributed by atoms with Gasteiger partial charge in [-0.1, -0.05) is 28.1 Å². The summed E-state index contributed by atoms with van der Waals surface area (Å²) in [6.07, 6.45) is -0.00638. The van der Waals surface area contributed by atoms with Crippen molar-refractivity contribution in [1.29, 1.82) is 0 Å². The third-order valence-corrected chi connectivity index (χ3v) is 5.32. The van der Waals surface area contributed by atoms with E-state index in [1.165, 1.54) is 0 Å². The van der Waals surface area contributed by atoms with Gasteiger partial charge in [0.2, 0.25) is 5.91 Å². The highest BCUT2D eigenvalue weighted by atomic mass is 79.9. The zero-order valence-electron chi connectivity index (χ0n) is 15.9. The molecule has 0 saturated carbocycles. The third-order valence-electron chi connectivity index (χ3n) is 4.79. The molecule has 0 aliphatic carbocycles. The molecule has 2 N–H and O–H groups in total. The Kier molecular flexibility index (Phi) is 5.10. The summed E-state index contributed by atoms with van der Waals surface area (Å²) in [5.74, 6) is 0.817. The van der Waals surface area contributed by atoms with Crippen molar-refractivity contribution in [1.82, 2.24) is 9.78 Å². The van der Waals surface area contributed by atoms with Gasteiger partial charge in [0, 0.05) is 15.7 Å². The molecule has 1 aliphatic rings. The number of nitrogens with zero attached hydrogens (tertiary/aromatic N) is 2. The van der Waals surface area contributed by atoms with E-state index in [1.54, 1.807) is 23.9 Å². The smallest absolute Gasteiger partial charge is 0.251 e. The van der Waals surface area contributed by atoms with E-state index >= 15 is 0 Å². The van der Waals surface area contributed by atoms with Gasteiger partial charge >= 0.3 is 0 Å². The Morgan fingerprint density at radius 2 is 2.03 bits per heavy atom. The second-order valence-corrected chi connectivity index (χ2v) is 7.67. The van der Waals surface area contributed by atoms with Crippen LogP contribution in [-0.2, 0) is 9.59 Å². The van der Waals surface area contributed by atoms with Crippen molar-refractivity contribution in [2.75, 3.05) is 17.7 Å². The van der Waals surface area contributed by atoms with E-state index < -0.39 is 6.04 Å². The molecular weight excluding hydrogens is 436 g/mol. The van der Waals surface area contributed by atoms with Crippen LogP contribution in [0.1, 0.15) is 18.2 Å². The summed E-state index contributed by atoms with van der Waals surface area (Å²) in [6, 6.07) is 14.1. The number of benzene rings is 2. The van der Waals surface area contributed by atoms with Gasteiger partial charge in [0.25, 0.3) is 5.91 Å². The Hall–Kier alpha value is -3.13. The summed E-state index contributed by atoms with van der Waals surface area (Å²) >= 11 is 3.36. The molecule has 29 heavy (non-hydrogen) atoms. The summed E-state index contributed by atoms with van der Waals surface area (Å²) in [4.78, 5) is 25.1. The average Bonchev–Trinajstić information content (AvgIpc) is 3.17. The van der Waals surface area contributed by atoms with E-state index in [2.05, 4.69) is 31.7 Å². The maximum Gasteiger partial charge on any atom is 0.251 e. The van der Waals surface area contributed by atoms with E-state index in [0.717, 1.165) is 27.0 Å². The number of fused-ring (bicyclic) bond motifs is 1. The maximum atomic E-state index is 12.6. The molecule has 1 aliphatic heterocycles. The largest absolute Gasteiger partial charge is 0.497 e. The van der Waals surface area contributed by atoms with Crippen LogP contribution in [0.15, 0.2) is 53.0 Å². The third kappa shape index (κ3) is 3.75. The van der Waals surface area contributed by atoms with Crippen LogP contribution in [-0.4, -0.2) is 28.7 Å². The van der Waals surface area contributed by atoms with Crippen molar-refractivity contribution >= 4 is 39.2 Å². The number of aromatic nitrogens is 2. The number of anilines is 2. The molecule has 1 aromatic heterocycles. The molecule has 2 heterocycles. The normalized spacial score (nSPS) is 15.0. The summed E-state index contributed by atoms with van der Waals surface area (Å²) in [5.41, 5.74) is 3.16. The van der Waals surface area contributed by atoms with Gasteiger partial charge in [-0.2, -0.15) is 5.10 Å². The van der Waals surface area contributed by atoms with Crippen molar-refractivity contribution in [2.24, 2.45) is 0 Å². The highest BCUT2D eigenvalue weighted by molar-refractivity contribution is 9.10. The first-order valence-electron chi connectivity index (χ1n) is 9.06. The first kappa shape index (κ1) is 19.2. The average molecular weight is 455 g/mol. The minimum atomic E-state index is -0.696. The molecule has 2 aromatic carbocycles. The number of carbonyl (C=O) groups excluding carboxylic acids is 2. The predicted molar refractivity (Wildman–Crippen MR) is 114 cm³/mol. The quantitative estimate of drug-likeness (QED) is 0.606. The van der Waals surface area contributed by atoms with Crippen molar-refractivity contribution in [3.05, 3.63) is 58.7 Å². The molecule has 148 valence electrons. The van der Waals surface area contributed by atoms with Crippen LogP contribution in [0.2, 0.25) is 0 Å². The number of carbonyl (C=O) groups is 2. The Labute approximate surface area is 176 Å². The summed E-state index contributed by atoms with van der Waals surface area (Å²) < 4.78 is 7.83. The SMILES string of the molecule is COc1cccc(-c2c(C)nn3c2NC(=O)C3CC(=O)Nc2ccc(Br)cc2)c1. The lowest BCUT2D eigenvalue weighted by atomic mass is 10.1. The van der Waals surface area contributed by atoms with Crippen LogP contribution < -0.4 is 15.4 Å². The Morgan fingerprint density at radius 1 is 1.28 bits per heavy atom. The van der Waals surface area contributed by atoms with Gasteiger partial charge in [-0.05, 0) is 48.9 Å². The van der Waals surface area contributed by atoms with E-state index in [4.69, 9.17) is 4.74 Å². The minimum Gasteiger partial charge on any atom is -0.497 e. The number of hydrogen-bond acceptors (Lipinski definition) is 4. The van der Waals surface area contributed by atoms with Gasteiger partial charge in [-0.15, -0.1) is 0 Å². The van der Waals surface area contributed by atoms with E-state index in [0.29, 0.717) is 11.5 Å². The molecule has 2 amide bonds. The van der Waals surface area contributed by atoms with E-state index in [1.807, 2.05) is 43.3 Å². The lowest BCUT2D eigenvalue weighted by molar-refractivity contribution is -0.123. The molecule has 0 fully saturated rings. The van der Waals surface area contributed by atoms with Gasteiger partial charge in [0.15, 0.2) is 0 Å². The van der Waals surface area contributed by atoms with Crippen molar-refractivity contribution < 1.29 is 14.3 Å². The summed E-state index contributed by atoms with van der Waals surface area (Å²) in [5, 5.41) is 10.2. The number of rotatable bonds is 5. The fourth-order valence-corrected chi connectivity index (χ4v) is 3.69. The standard InChI is InChI=1S/C21H19BrN4O3/c1-12-19(13-4-3-5-16(10-13)29-2)20-24-21(28)17(26(20)25-12)11-18(27)23-15-8-6-14(22)7-9-15/h3-10,17H,11H2,1-2H3,(H,23,27)(H,24,28). The second-order valence-electron chi connectivity index (χ2n) is 6.75. The number of halogens is 1. The highest BCUT2D eigenvalue weighted by Crippen LogP contribution is 2.39. The monoisotopic (exact) mass is 454 g/mol. The predicted octanol–water partition coefficient (Wildman–Crippen LogP) is 4.15. The molecule has 1 unspecified atom stereocenters. The molecule has 0 bridgehead atoms. The highest BCUT2D eigenvalue weighted by Gasteiger charge is 2.36. The molecule has 4 rings (SSSR count). The van der Waals surface area contributed by atoms with Gasteiger partial charge in [0.1, 0.15) is 17.6 Å². The number of aryl methyl sites for hydroxylation is 1. The van der Waals surface area contributed by atoms with Crippen LogP contribution >= 0.6 is 15.9 Å². The Bertz CT molecular complexity index is 1090. The van der Waals surface area contributed by atoms with Crippen LogP contribution in [0.3, 0.4) is 0 Å². The van der Waals surface area contributed by atoms with Crippen LogP contribution in [0.4, 0.5) is 11.5 Å². The molecule has 0 radical (unpaired) electrons. The second kappa shape index (κ2) is 7.71. The van der Waals surface area contributed by atoms with Crippen molar-refractivity contribution in [2.45, 2.75) is 19.4 Å². The fourth-order valence-electron chi connectivity index (χ4n) is 3.43. The van der Waals surface area contributed by atoms with Crippen molar-refractivity contribution in [3.63, 3.8) is 0 Å². The Morgan fingerprint density at radius 3 is 2.76 bits per heavy atom. The van der Waals surface area contributed by atoms with E-state index in [9.17, 15) is 9.59 Å². The van der Waals surface area contributed by atoms with E-state index in [-0.39, 0.29) is 18.2 Å². The van der Waals surface area contributed by atoms with Crippen LogP contribution in [0.25, 0.3) is 11.1 Å². The topological polar surface area (TPSA) is 85.2 Å². The summed E-state index contributed by atoms with van der Waals surface area (Å²) in [6.45, 7) is 1.88. The lowest BCUT2D eigenvalue weighted by Crippen LogP contribution is -2.23. The Balaban J connectivity index is 1.58. The number of ether oxygens (including phenoxy) is 1. The molecule has 0 spiro atoms. The van der Waals surface area contributed by atoms with Crippen molar-refractivity contribution in [3.8, 4) is 16.9 Å². The number of methoxy groups -OCH3 is 1. The van der Waals surface area contributed by atoms with Gasteiger partial charge in [-0.3, -0.25) is 9.59 Å². The zero-order valence-corrected chi connectivity index (χ0v) is 17.5. The van der Waals surface area contributed by atoms with Crippen LogP contribution in [0.5, 0.6) is 5.75 Å². The molecule has 0 saturated heterocycles. The van der Waals surface area contributed by atoms with Gasteiger partial charge < -0.3 is 15.4 Å². The lowest BCUT2D eigenvalue weighted by Gasteiger charge is -2.10. The first-order valence-corrected chi connectivity index (χ1v) is 9.85. The van der Waals surface area contributed by atoms with Gasteiger partial charge in [-0.25, -0.2) is 4.68 Å². The summed E-state index contributed by atoms with van der Waals surface area (Å²) in [7, 11) is 1.61. The maximum absolute atomic E-state index is 12.6. The molecule has 7 nitrogen and oxygen atoms in total. The first-order chi connectivity index (χ1) is 14.0.